The average molecular weight is 242 g/mol. The van der Waals surface area contributed by atoms with E-state index in [4.69, 9.17) is 10.5 Å². The maximum atomic E-state index is 13.5. The van der Waals surface area contributed by atoms with Gasteiger partial charge in [0.1, 0.15) is 5.82 Å². The van der Waals surface area contributed by atoms with Crippen molar-refractivity contribution in [3.8, 4) is 5.75 Å². The second-order valence-corrected chi connectivity index (χ2v) is 3.82. The van der Waals surface area contributed by atoms with Crippen LogP contribution in [-0.4, -0.2) is 25.6 Å². The summed E-state index contributed by atoms with van der Waals surface area (Å²) in [5.74, 6) is -2.02. The third-order valence-corrected chi connectivity index (χ3v) is 2.65. The van der Waals surface area contributed by atoms with Crippen LogP contribution >= 0.6 is 0 Å². The third-order valence-electron chi connectivity index (χ3n) is 2.65. The van der Waals surface area contributed by atoms with Gasteiger partial charge in [0.15, 0.2) is 17.7 Å². The van der Waals surface area contributed by atoms with Crippen LogP contribution in [0.2, 0.25) is 0 Å². The molecule has 0 aromatic heterocycles. The van der Waals surface area contributed by atoms with Gasteiger partial charge in [-0.3, -0.25) is 4.79 Å². The summed E-state index contributed by atoms with van der Waals surface area (Å²) in [5, 5.41) is 0. The highest BCUT2D eigenvalue weighted by Gasteiger charge is 2.33. The maximum absolute atomic E-state index is 13.5. The van der Waals surface area contributed by atoms with Gasteiger partial charge in [-0.2, -0.15) is 0 Å². The third kappa shape index (κ3) is 1.95. The van der Waals surface area contributed by atoms with Crippen LogP contribution in [0.25, 0.3) is 0 Å². The summed E-state index contributed by atoms with van der Waals surface area (Å²) in [4.78, 5) is 13.0. The predicted octanol–water partition coefficient (Wildman–Crippen LogP) is 1.04. The molecular formula is C11H12F2N2O2. The predicted molar refractivity (Wildman–Crippen MR) is 57.9 cm³/mol. The minimum Gasteiger partial charge on any atom is -0.475 e. The fourth-order valence-corrected chi connectivity index (χ4v) is 1.77. The molecule has 2 rings (SSSR count). The van der Waals surface area contributed by atoms with E-state index in [1.54, 1.807) is 0 Å². The lowest BCUT2D eigenvalue weighted by Crippen LogP contribution is -2.45. The molecule has 0 spiro atoms. The molecule has 0 bridgehead atoms. The van der Waals surface area contributed by atoms with E-state index in [0.29, 0.717) is 6.42 Å². The van der Waals surface area contributed by atoms with Crippen molar-refractivity contribution in [3.63, 3.8) is 0 Å². The van der Waals surface area contributed by atoms with Gasteiger partial charge >= 0.3 is 0 Å². The van der Waals surface area contributed by atoms with Crippen LogP contribution in [0.1, 0.15) is 6.42 Å². The van der Waals surface area contributed by atoms with Gasteiger partial charge in [-0.1, -0.05) is 0 Å². The Kier molecular flexibility index (Phi) is 2.97. The fourth-order valence-electron chi connectivity index (χ4n) is 1.77. The summed E-state index contributed by atoms with van der Waals surface area (Å²) in [6.45, 7) is 0.252. The number of rotatable bonds is 2. The van der Waals surface area contributed by atoms with Crippen molar-refractivity contribution in [2.45, 2.75) is 12.5 Å². The number of amides is 1. The summed E-state index contributed by atoms with van der Waals surface area (Å²) in [6.07, 6.45) is -0.517. The number of nitrogens with two attached hydrogens (primary N) is 1. The second-order valence-electron chi connectivity index (χ2n) is 3.82. The van der Waals surface area contributed by atoms with Gasteiger partial charge in [0.25, 0.3) is 5.91 Å². The van der Waals surface area contributed by atoms with Crippen LogP contribution in [0.15, 0.2) is 12.1 Å². The van der Waals surface area contributed by atoms with Crippen molar-refractivity contribution >= 4 is 11.6 Å². The van der Waals surface area contributed by atoms with Gasteiger partial charge in [0, 0.05) is 25.6 Å². The van der Waals surface area contributed by atoms with E-state index in [2.05, 4.69) is 0 Å². The number of hydrogen-bond donors (Lipinski definition) is 1. The van der Waals surface area contributed by atoms with Crippen LogP contribution in [0, 0.1) is 11.6 Å². The molecule has 1 heterocycles. The first-order chi connectivity index (χ1) is 8.04. The molecule has 6 heteroatoms. The van der Waals surface area contributed by atoms with E-state index < -0.39 is 17.7 Å². The van der Waals surface area contributed by atoms with Crippen LogP contribution in [-0.2, 0) is 4.79 Å². The highest BCUT2D eigenvalue weighted by molar-refractivity contribution is 5.99. The van der Waals surface area contributed by atoms with E-state index in [9.17, 15) is 13.6 Å². The van der Waals surface area contributed by atoms with Crippen LogP contribution in [0.4, 0.5) is 14.5 Å². The molecule has 92 valence electrons. The molecule has 2 N–H and O–H groups in total. The largest absolute Gasteiger partial charge is 0.475 e. The summed E-state index contributed by atoms with van der Waals surface area (Å²) >= 11 is 0. The number of benzene rings is 1. The number of hydrogen-bond acceptors (Lipinski definition) is 3. The SMILES string of the molecule is CN1C(=O)C(CCN)Oc2c(F)cc(F)cc21. The average Bonchev–Trinajstić information content (AvgIpc) is 2.27. The van der Waals surface area contributed by atoms with Gasteiger partial charge in [0.05, 0.1) is 5.69 Å². The smallest absolute Gasteiger partial charge is 0.267 e. The van der Waals surface area contributed by atoms with Gasteiger partial charge in [-0.25, -0.2) is 8.78 Å². The van der Waals surface area contributed by atoms with E-state index in [-0.39, 0.29) is 23.9 Å². The number of fused-ring (bicyclic) bond motifs is 1. The molecule has 1 aromatic carbocycles. The highest BCUT2D eigenvalue weighted by Crippen LogP contribution is 2.36. The molecule has 0 saturated heterocycles. The first kappa shape index (κ1) is 11.8. The Morgan fingerprint density at radius 1 is 1.47 bits per heavy atom. The molecule has 0 aliphatic carbocycles. The molecule has 1 atom stereocenters. The fraction of sp³-hybridized carbons (Fsp3) is 0.364. The molecule has 17 heavy (non-hydrogen) atoms. The Balaban J connectivity index is 2.45. The minimum atomic E-state index is -0.818. The van der Waals surface area contributed by atoms with Crippen molar-refractivity contribution in [2.24, 2.45) is 5.73 Å². The van der Waals surface area contributed by atoms with E-state index >= 15 is 0 Å². The number of carbonyl (C=O) groups is 1. The number of likely N-dealkylation sites (N-methyl/N-ethyl adjacent to an activating group) is 1. The lowest BCUT2D eigenvalue weighted by molar-refractivity contribution is -0.126. The van der Waals surface area contributed by atoms with Crippen molar-refractivity contribution in [1.29, 1.82) is 0 Å². The molecule has 0 radical (unpaired) electrons. The Labute approximate surface area is 97.0 Å². The molecule has 1 unspecified atom stereocenters. The lowest BCUT2D eigenvalue weighted by Gasteiger charge is -2.31. The molecule has 1 aliphatic rings. The number of halogens is 2. The van der Waals surface area contributed by atoms with Crippen molar-refractivity contribution in [3.05, 3.63) is 23.8 Å². The minimum absolute atomic E-state index is 0.0979. The number of ether oxygens (including phenoxy) is 1. The molecule has 0 saturated carbocycles. The van der Waals surface area contributed by atoms with Crippen molar-refractivity contribution < 1.29 is 18.3 Å². The zero-order valence-corrected chi connectivity index (χ0v) is 9.24. The Hall–Kier alpha value is -1.69. The standard InChI is InChI=1S/C11H12F2N2O2/c1-15-8-5-6(12)4-7(13)10(8)17-9(2-3-14)11(15)16/h4-5,9H,2-3,14H2,1H3. The second kappa shape index (κ2) is 4.29. The summed E-state index contributed by atoms with van der Waals surface area (Å²) in [5.41, 5.74) is 5.44. The van der Waals surface area contributed by atoms with Gasteiger partial charge in [-0.05, 0) is 6.54 Å². The summed E-state index contributed by atoms with van der Waals surface area (Å²) in [7, 11) is 1.45. The topological polar surface area (TPSA) is 55.6 Å². The van der Waals surface area contributed by atoms with E-state index in [1.165, 1.54) is 11.9 Å². The monoisotopic (exact) mass is 242 g/mol. The Morgan fingerprint density at radius 2 is 2.18 bits per heavy atom. The maximum Gasteiger partial charge on any atom is 0.267 e. The Bertz CT molecular complexity index is 465. The van der Waals surface area contributed by atoms with Crippen LogP contribution < -0.4 is 15.4 Å². The molecule has 1 amide bonds. The number of carbonyl (C=O) groups excluding carboxylic acids is 1. The molecule has 1 aromatic rings. The summed E-state index contributed by atoms with van der Waals surface area (Å²) < 4.78 is 31.8. The first-order valence-electron chi connectivity index (χ1n) is 5.18. The normalized spacial score (nSPS) is 18.9. The van der Waals surface area contributed by atoms with Crippen molar-refractivity contribution in [1.82, 2.24) is 0 Å². The lowest BCUT2D eigenvalue weighted by atomic mass is 10.1. The highest BCUT2D eigenvalue weighted by atomic mass is 19.1. The van der Waals surface area contributed by atoms with Gasteiger partial charge < -0.3 is 15.4 Å². The van der Waals surface area contributed by atoms with Crippen LogP contribution in [0.5, 0.6) is 5.75 Å². The van der Waals surface area contributed by atoms with Crippen LogP contribution in [0.3, 0.4) is 0 Å². The van der Waals surface area contributed by atoms with E-state index in [1.807, 2.05) is 0 Å². The number of anilines is 1. The van der Waals surface area contributed by atoms with Gasteiger partial charge in [-0.15, -0.1) is 0 Å². The molecular weight excluding hydrogens is 230 g/mol. The van der Waals surface area contributed by atoms with Crippen molar-refractivity contribution in [2.75, 3.05) is 18.5 Å². The van der Waals surface area contributed by atoms with E-state index in [0.717, 1.165) is 12.1 Å². The zero-order valence-electron chi connectivity index (χ0n) is 9.24. The molecule has 0 fully saturated rings. The summed E-state index contributed by atoms with van der Waals surface area (Å²) in [6, 6.07) is 1.79. The first-order valence-corrected chi connectivity index (χ1v) is 5.18. The van der Waals surface area contributed by atoms with Gasteiger partial charge in [0.2, 0.25) is 0 Å². The zero-order chi connectivity index (χ0) is 12.6. The molecule has 1 aliphatic heterocycles. The number of nitrogens with zero attached hydrogens (tertiary/aromatic N) is 1. The quantitative estimate of drug-likeness (QED) is 0.843. The molecule has 4 nitrogen and oxygen atoms in total. The Morgan fingerprint density at radius 3 is 2.82 bits per heavy atom.